The van der Waals surface area contributed by atoms with Crippen LogP contribution in [0.15, 0.2) is 36.9 Å². The molecule has 0 aliphatic carbocycles. The van der Waals surface area contributed by atoms with Crippen LogP contribution in [0.25, 0.3) is 0 Å². The van der Waals surface area contributed by atoms with Gasteiger partial charge in [-0.1, -0.05) is 27.7 Å². The van der Waals surface area contributed by atoms with E-state index in [4.69, 9.17) is 4.74 Å². The van der Waals surface area contributed by atoms with Crippen molar-refractivity contribution in [2.45, 2.75) is 83.0 Å². The summed E-state index contributed by atoms with van der Waals surface area (Å²) in [4.78, 5) is 11.1. The molecule has 2 aromatic rings. The van der Waals surface area contributed by atoms with Crippen molar-refractivity contribution < 1.29 is 9.13 Å². The predicted octanol–water partition coefficient (Wildman–Crippen LogP) is 5.38. The number of pyridine rings is 2. The molecule has 0 bridgehead atoms. The van der Waals surface area contributed by atoms with Gasteiger partial charge >= 0.3 is 0 Å². The van der Waals surface area contributed by atoms with Gasteiger partial charge in [-0.05, 0) is 66.8 Å². The Balaban J connectivity index is 1.26. The highest BCUT2D eigenvalue weighted by Gasteiger charge is 2.31. The molecule has 35 heavy (non-hydrogen) atoms. The van der Waals surface area contributed by atoms with E-state index in [-0.39, 0.29) is 11.5 Å². The summed E-state index contributed by atoms with van der Waals surface area (Å²) in [5.74, 6) is 0.406. The molecule has 0 aromatic carbocycles. The second-order valence-corrected chi connectivity index (χ2v) is 11.1. The van der Waals surface area contributed by atoms with Crippen LogP contribution in [0.4, 0.5) is 15.8 Å². The minimum atomic E-state index is -0.901. The van der Waals surface area contributed by atoms with Crippen molar-refractivity contribution in [3.8, 4) is 0 Å². The van der Waals surface area contributed by atoms with Crippen molar-refractivity contribution in [1.29, 1.82) is 0 Å². The smallest absolute Gasteiger partial charge is 0.133 e. The first-order valence-electron chi connectivity index (χ1n) is 13.2. The molecule has 0 saturated carbocycles. The highest BCUT2D eigenvalue weighted by atomic mass is 19.1. The first-order chi connectivity index (χ1) is 16.8. The maximum absolute atomic E-state index is 15.1. The summed E-state index contributed by atoms with van der Waals surface area (Å²) in [6.45, 7) is 12.7. The van der Waals surface area contributed by atoms with Crippen LogP contribution in [0.2, 0.25) is 0 Å². The quantitative estimate of drug-likeness (QED) is 0.473. The number of hydrogen-bond donors (Lipinski definition) is 2. The van der Waals surface area contributed by atoms with Gasteiger partial charge in [0.2, 0.25) is 0 Å². The molecule has 192 valence electrons. The zero-order valence-corrected chi connectivity index (χ0v) is 21.8. The molecule has 2 aromatic heterocycles. The van der Waals surface area contributed by atoms with Gasteiger partial charge in [0.05, 0.1) is 23.5 Å². The summed E-state index contributed by atoms with van der Waals surface area (Å²) in [5, 5.41) is 6.88. The van der Waals surface area contributed by atoms with E-state index in [1.165, 1.54) is 11.1 Å². The van der Waals surface area contributed by atoms with Gasteiger partial charge in [0, 0.05) is 51.0 Å². The van der Waals surface area contributed by atoms with Crippen molar-refractivity contribution in [3.05, 3.63) is 48.0 Å². The molecule has 6 nitrogen and oxygen atoms in total. The van der Waals surface area contributed by atoms with Crippen molar-refractivity contribution in [2.75, 3.05) is 43.4 Å². The summed E-state index contributed by atoms with van der Waals surface area (Å²) in [6.07, 6.45) is 10.9. The van der Waals surface area contributed by atoms with E-state index in [1.807, 2.05) is 18.6 Å². The van der Waals surface area contributed by atoms with E-state index in [9.17, 15) is 0 Å². The number of likely N-dealkylation sites (tertiary alicyclic amines) is 1. The maximum Gasteiger partial charge on any atom is 0.133 e. The van der Waals surface area contributed by atoms with Gasteiger partial charge in [-0.3, -0.25) is 9.97 Å². The Hall–Kier alpha value is -2.25. The first-order valence-corrected chi connectivity index (χ1v) is 13.2. The van der Waals surface area contributed by atoms with Crippen LogP contribution < -0.4 is 10.6 Å². The van der Waals surface area contributed by atoms with Crippen LogP contribution in [0, 0.1) is 0 Å². The average molecular weight is 484 g/mol. The molecule has 2 N–H and O–H groups in total. The maximum atomic E-state index is 15.1. The average Bonchev–Trinajstić information content (AvgIpc) is 3.37. The third-order valence-corrected chi connectivity index (χ3v) is 7.53. The number of nitrogens with one attached hydrogen (secondary N) is 2. The van der Waals surface area contributed by atoms with Crippen LogP contribution >= 0.6 is 0 Å². The van der Waals surface area contributed by atoms with E-state index in [1.54, 1.807) is 6.20 Å². The van der Waals surface area contributed by atoms with Gasteiger partial charge in [-0.25, -0.2) is 4.39 Å². The highest BCUT2D eigenvalue weighted by molar-refractivity contribution is 5.45. The van der Waals surface area contributed by atoms with Crippen LogP contribution in [0.5, 0.6) is 0 Å². The molecule has 7 heteroatoms. The van der Waals surface area contributed by atoms with E-state index >= 15 is 4.39 Å². The number of alkyl halides is 1. The van der Waals surface area contributed by atoms with Gasteiger partial charge in [-0.15, -0.1) is 0 Å². The standard InChI is InChI=1S/C28H42FN5O/c1-20(2)21-12-24(17-30-14-21)33-27-7-9-34(19-26(27)29)10-8-28(3,4)22-13-23(16-31-15-22)32-18-25-6-5-11-35-25/h12-17,20,25-27,32-33H,5-11,18-19H2,1-4H3. The molecule has 2 fully saturated rings. The Labute approximate surface area is 210 Å². The van der Waals surface area contributed by atoms with Gasteiger partial charge < -0.3 is 20.3 Å². The molecular formula is C28H42FN5O. The zero-order valence-electron chi connectivity index (χ0n) is 21.8. The fraction of sp³-hybridized carbons (Fsp3) is 0.643. The summed E-state index contributed by atoms with van der Waals surface area (Å²) in [5.41, 5.74) is 4.29. The molecule has 0 spiro atoms. The Morgan fingerprint density at radius 2 is 1.91 bits per heavy atom. The largest absolute Gasteiger partial charge is 0.381 e. The Bertz CT molecular complexity index is 946. The number of halogens is 1. The third-order valence-electron chi connectivity index (χ3n) is 7.53. The Kier molecular flexibility index (Phi) is 8.60. The number of nitrogens with zero attached hydrogens (tertiary/aromatic N) is 3. The topological polar surface area (TPSA) is 62.3 Å². The number of anilines is 2. The minimum Gasteiger partial charge on any atom is -0.381 e. The van der Waals surface area contributed by atoms with Crippen LogP contribution in [-0.2, 0) is 10.2 Å². The van der Waals surface area contributed by atoms with E-state index in [2.05, 4.69) is 65.3 Å². The molecule has 0 amide bonds. The van der Waals surface area contributed by atoms with Gasteiger partial charge in [-0.2, -0.15) is 0 Å². The van der Waals surface area contributed by atoms with Gasteiger partial charge in [0.1, 0.15) is 6.17 Å². The summed E-state index contributed by atoms with van der Waals surface area (Å²) < 4.78 is 20.8. The molecular weight excluding hydrogens is 441 g/mol. The lowest BCUT2D eigenvalue weighted by atomic mass is 9.82. The van der Waals surface area contributed by atoms with Crippen molar-refractivity contribution >= 4 is 11.4 Å². The Morgan fingerprint density at radius 3 is 2.66 bits per heavy atom. The molecule has 3 unspecified atom stereocenters. The lowest BCUT2D eigenvalue weighted by Gasteiger charge is -2.37. The number of ether oxygens (including phenoxy) is 1. The fourth-order valence-electron chi connectivity index (χ4n) is 4.93. The van der Waals surface area contributed by atoms with E-state index in [0.717, 1.165) is 63.3 Å². The molecule has 0 radical (unpaired) electrons. The minimum absolute atomic E-state index is 0.0432. The molecule has 2 aliphatic heterocycles. The predicted molar refractivity (Wildman–Crippen MR) is 141 cm³/mol. The van der Waals surface area contributed by atoms with Crippen LogP contribution in [0.3, 0.4) is 0 Å². The summed E-state index contributed by atoms with van der Waals surface area (Å²) in [6, 6.07) is 4.13. The molecule has 2 saturated heterocycles. The van der Waals surface area contributed by atoms with Crippen molar-refractivity contribution in [3.63, 3.8) is 0 Å². The third kappa shape index (κ3) is 7.14. The molecule has 2 aliphatic rings. The number of piperidine rings is 1. The van der Waals surface area contributed by atoms with Gasteiger partial charge in [0.25, 0.3) is 0 Å². The first kappa shape index (κ1) is 25.8. The highest BCUT2D eigenvalue weighted by Crippen LogP contribution is 2.30. The number of aromatic nitrogens is 2. The fourth-order valence-corrected chi connectivity index (χ4v) is 4.93. The SMILES string of the molecule is CC(C)c1cncc(NC2CCN(CCC(C)(C)c3cncc(NCC4CCCO4)c3)CC2F)c1. The second kappa shape index (κ2) is 11.7. The number of hydrogen-bond acceptors (Lipinski definition) is 6. The molecule has 3 atom stereocenters. The van der Waals surface area contributed by atoms with Gasteiger partial charge in [0.15, 0.2) is 0 Å². The molecule has 4 rings (SSSR count). The number of rotatable bonds is 10. The monoisotopic (exact) mass is 483 g/mol. The van der Waals surface area contributed by atoms with Crippen LogP contribution in [-0.4, -0.2) is 66.0 Å². The van der Waals surface area contributed by atoms with Crippen molar-refractivity contribution in [1.82, 2.24) is 14.9 Å². The normalized spacial score (nSPS) is 23.5. The van der Waals surface area contributed by atoms with Crippen molar-refractivity contribution in [2.24, 2.45) is 0 Å². The Morgan fingerprint density at radius 1 is 1.11 bits per heavy atom. The summed E-state index contributed by atoms with van der Waals surface area (Å²) in [7, 11) is 0. The zero-order chi connectivity index (χ0) is 24.8. The summed E-state index contributed by atoms with van der Waals surface area (Å²) >= 11 is 0. The molecule has 4 heterocycles. The van der Waals surface area contributed by atoms with E-state index in [0.29, 0.717) is 18.6 Å². The lowest BCUT2D eigenvalue weighted by molar-refractivity contribution is 0.119. The lowest BCUT2D eigenvalue weighted by Crippen LogP contribution is -2.48. The van der Waals surface area contributed by atoms with E-state index < -0.39 is 6.17 Å². The second-order valence-electron chi connectivity index (χ2n) is 11.1. The van der Waals surface area contributed by atoms with Crippen LogP contribution in [0.1, 0.15) is 70.4 Å².